The van der Waals surface area contributed by atoms with Crippen LogP contribution in [-0.4, -0.2) is 134 Å². The van der Waals surface area contributed by atoms with Crippen molar-refractivity contribution < 1.29 is 145 Å². The molecule has 0 rings (SSSR count). The molecule has 72 heavy (non-hydrogen) atoms. The lowest BCUT2D eigenvalue weighted by Gasteiger charge is -2.50. The molecule has 0 aliphatic carbocycles. The van der Waals surface area contributed by atoms with Crippen molar-refractivity contribution in [2.75, 3.05) is 26.4 Å². The maximum Gasteiger partial charge on any atom is 0.460 e. The van der Waals surface area contributed by atoms with E-state index < -0.39 is 168 Å². The van der Waals surface area contributed by atoms with Gasteiger partial charge < -0.3 is 34.3 Å². The summed E-state index contributed by atoms with van der Waals surface area (Å²) in [6, 6.07) is 0. The molecule has 1 atom stereocenters. The van der Waals surface area contributed by atoms with E-state index in [0.717, 1.165) is 33.0 Å². The van der Waals surface area contributed by atoms with Crippen molar-refractivity contribution in [3.8, 4) is 0 Å². The van der Waals surface area contributed by atoms with Crippen molar-refractivity contribution in [2.45, 2.75) is 119 Å². The topological polar surface area (TPSA) is 173 Å². The Kier molecular flexibility index (Phi) is 19.9. The average molecular weight is 1100 g/mol. The van der Waals surface area contributed by atoms with E-state index in [-0.39, 0.29) is 6.92 Å². The third kappa shape index (κ3) is 13.6. The fourth-order valence-electron chi connectivity index (χ4n) is 5.04. The Labute approximate surface area is 391 Å². The van der Waals surface area contributed by atoms with E-state index in [0.29, 0.717) is 12.2 Å². The van der Waals surface area contributed by atoms with Crippen molar-refractivity contribution in [2.24, 2.45) is 5.41 Å². The molecule has 1 unspecified atom stereocenters. The van der Waals surface area contributed by atoms with Crippen LogP contribution in [0, 0.1) is 5.41 Å². The SMILES string of the molecule is C=C(C)C(=O)OCC(C)(COC(=O)C(=C)C)NC(=O)OC(CC(C(=O)NC(C)(COC(=O)C(=C)C)COC(=O)C(=C)C)(C(F)(F)C(F)(F)C(F)(F)F)C(F)(F)C(F)(F)C(F)(F)F)C(F)(F)C(F)(F)C(F)(F)F. The molecular weight excluding hydrogens is 1060 g/mol. The molecule has 0 aliphatic heterocycles. The minimum atomic E-state index is -9.09. The first-order valence-electron chi connectivity index (χ1n) is 18.7. The van der Waals surface area contributed by atoms with Gasteiger partial charge in [-0.15, -0.1) is 0 Å². The van der Waals surface area contributed by atoms with Crippen LogP contribution in [0.4, 0.5) is 97.0 Å². The molecule has 0 saturated heterocycles. The zero-order chi connectivity index (χ0) is 57.8. The largest absolute Gasteiger partial charge is 0.460 e. The van der Waals surface area contributed by atoms with E-state index in [1.54, 1.807) is 0 Å². The summed E-state index contributed by atoms with van der Waals surface area (Å²) in [6.07, 6.45) is -39.8. The highest BCUT2D eigenvalue weighted by Gasteiger charge is 2.94. The zero-order valence-electron chi connectivity index (χ0n) is 37.4. The van der Waals surface area contributed by atoms with Crippen molar-refractivity contribution in [1.29, 1.82) is 0 Å². The molecule has 13 nitrogen and oxygen atoms in total. The van der Waals surface area contributed by atoms with Gasteiger partial charge in [-0.05, 0) is 41.5 Å². The van der Waals surface area contributed by atoms with Gasteiger partial charge in [0.25, 0.3) is 0 Å². The molecule has 0 fully saturated rings. The molecule has 0 bridgehead atoms. The quantitative estimate of drug-likeness (QED) is 0.0409. The molecule has 0 aromatic rings. The number of nitrogens with one attached hydrogen (secondary N) is 2. The van der Waals surface area contributed by atoms with Crippen molar-refractivity contribution >= 4 is 35.9 Å². The van der Waals surface area contributed by atoms with Crippen LogP contribution in [0.2, 0.25) is 0 Å². The number of hydrogen-bond acceptors (Lipinski definition) is 11. The number of halogens is 21. The Hall–Kier alpha value is -5.89. The first kappa shape index (κ1) is 66.1. The van der Waals surface area contributed by atoms with Gasteiger partial charge in [0.15, 0.2) is 11.5 Å². The summed E-state index contributed by atoms with van der Waals surface area (Å²) in [6.45, 7) is 8.05. The molecule has 0 heterocycles. The molecule has 2 N–H and O–H groups in total. The van der Waals surface area contributed by atoms with E-state index >= 15 is 43.9 Å². The van der Waals surface area contributed by atoms with Gasteiger partial charge >= 0.3 is 84.0 Å². The Morgan fingerprint density at radius 2 is 0.667 bits per heavy atom. The zero-order valence-corrected chi connectivity index (χ0v) is 37.4. The van der Waals surface area contributed by atoms with Crippen LogP contribution in [0.5, 0.6) is 0 Å². The third-order valence-corrected chi connectivity index (χ3v) is 9.18. The van der Waals surface area contributed by atoms with Gasteiger partial charge in [-0.1, -0.05) is 26.3 Å². The summed E-state index contributed by atoms with van der Waals surface area (Å²) in [5, 5.41) is 1.35. The van der Waals surface area contributed by atoms with E-state index in [9.17, 15) is 77.1 Å². The summed E-state index contributed by atoms with van der Waals surface area (Å²) in [7, 11) is 0. The molecule has 0 aliphatic rings. The molecule has 2 amide bonds. The summed E-state index contributed by atoms with van der Waals surface area (Å²) in [4.78, 5) is 75.6. The summed E-state index contributed by atoms with van der Waals surface area (Å²) in [5.41, 5.74) is -17.9. The number of ether oxygens (including phenoxy) is 5. The van der Waals surface area contributed by atoms with Gasteiger partial charge in [-0.25, -0.2) is 24.0 Å². The molecule has 414 valence electrons. The summed E-state index contributed by atoms with van der Waals surface area (Å²) < 4.78 is 334. The molecule has 0 aromatic heterocycles. The van der Waals surface area contributed by atoms with Gasteiger partial charge in [0.2, 0.25) is 5.91 Å². The van der Waals surface area contributed by atoms with Crippen molar-refractivity contribution in [3.63, 3.8) is 0 Å². The van der Waals surface area contributed by atoms with E-state index in [4.69, 9.17) is 0 Å². The predicted molar refractivity (Wildman–Crippen MR) is 196 cm³/mol. The Balaban J connectivity index is 9.38. The average Bonchev–Trinajstić information content (AvgIpc) is 3.19. The Morgan fingerprint density at radius 1 is 0.417 bits per heavy atom. The van der Waals surface area contributed by atoms with Crippen LogP contribution < -0.4 is 10.6 Å². The minimum Gasteiger partial charge on any atom is -0.460 e. The van der Waals surface area contributed by atoms with Crippen LogP contribution in [-0.2, 0) is 47.7 Å². The molecule has 0 aromatic carbocycles. The van der Waals surface area contributed by atoms with Gasteiger partial charge in [0.1, 0.15) is 37.5 Å². The lowest BCUT2D eigenvalue weighted by molar-refractivity contribution is -0.435. The second kappa shape index (κ2) is 21.7. The number of esters is 4. The molecule has 0 radical (unpaired) electrons. The fraction of sp³-hybridized carbons (Fsp3) is 0.632. The van der Waals surface area contributed by atoms with E-state index in [2.05, 4.69) is 50.0 Å². The standard InChI is InChI=1S/C38H39F21N2O11/c1-16(2)21(62)68-12-27(9,13-69-22(63)17(3)4)60-25(66)29(31(41,42)34(47,48)37(54,55)56,32(43,44)35(49,50)38(57,58)59)11-20(30(39,40)33(45,46)36(51,52)53)72-26(67)61-28(10,14-70-23(64)18(5)6)15-71-24(65)19(7)8/h20H,1,3,5,7,11-15H2,2,4,6,8-10H3,(H,60,66)(H,61,67). The van der Waals surface area contributed by atoms with Gasteiger partial charge in [0, 0.05) is 28.7 Å². The monoisotopic (exact) mass is 1100 g/mol. The van der Waals surface area contributed by atoms with Crippen molar-refractivity contribution in [3.05, 3.63) is 48.6 Å². The van der Waals surface area contributed by atoms with Crippen LogP contribution in [0.3, 0.4) is 0 Å². The maximum absolute atomic E-state index is 16.4. The molecular formula is C38H39F21N2O11. The number of rotatable bonds is 24. The first-order valence-corrected chi connectivity index (χ1v) is 18.7. The van der Waals surface area contributed by atoms with Crippen LogP contribution in [0.15, 0.2) is 48.6 Å². The lowest BCUT2D eigenvalue weighted by atomic mass is 9.64. The van der Waals surface area contributed by atoms with Crippen LogP contribution in [0.25, 0.3) is 0 Å². The van der Waals surface area contributed by atoms with Crippen LogP contribution in [0.1, 0.15) is 48.0 Å². The number of amides is 2. The highest BCUT2D eigenvalue weighted by molar-refractivity contribution is 5.89. The molecule has 34 heteroatoms. The Morgan fingerprint density at radius 3 is 0.903 bits per heavy atom. The maximum atomic E-state index is 16.4. The second-order valence-electron chi connectivity index (χ2n) is 16.1. The number of alkyl carbamates (subject to hydrolysis) is 1. The number of alkyl halides is 21. The van der Waals surface area contributed by atoms with Gasteiger partial charge in [-0.3, -0.25) is 4.79 Å². The van der Waals surface area contributed by atoms with E-state index in [1.165, 1.54) is 0 Å². The van der Waals surface area contributed by atoms with Gasteiger partial charge in [-0.2, -0.15) is 92.2 Å². The molecule has 0 saturated carbocycles. The highest BCUT2D eigenvalue weighted by atomic mass is 19.4. The van der Waals surface area contributed by atoms with Gasteiger partial charge in [0.05, 0.1) is 0 Å². The lowest BCUT2D eigenvalue weighted by Crippen LogP contribution is -2.78. The predicted octanol–water partition coefficient (Wildman–Crippen LogP) is 9.07. The fourth-order valence-corrected chi connectivity index (χ4v) is 5.04. The number of carbonyl (C=O) groups excluding carboxylic acids is 6. The second-order valence-corrected chi connectivity index (χ2v) is 16.1. The normalized spacial score (nSPS) is 14.3. The van der Waals surface area contributed by atoms with Crippen molar-refractivity contribution in [1.82, 2.24) is 10.6 Å². The van der Waals surface area contributed by atoms with Crippen LogP contribution >= 0.6 is 0 Å². The Bertz CT molecular complexity index is 2030. The number of hydrogen-bond donors (Lipinski definition) is 2. The first-order chi connectivity index (χ1) is 31.6. The summed E-state index contributed by atoms with van der Waals surface area (Å²) in [5.74, 6) is -63.8. The smallest absolute Gasteiger partial charge is 0.460 e. The third-order valence-electron chi connectivity index (χ3n) is 9.18. The molecule has 0 spiro atoms. The summed E-state index contributed by atoms with van der Waals surface area (Å²) >= 11 is 0. The number of carbonyl (C=O) groups is 6. The van der Waals surface area contributed by atoms with E-state index in [1.807, 2.05) is 0 Å². The highest BCUT2D eigenvalue weighted by Crippen LogP contribution is 2.67. The minimum absolute atomic E-state index is 0.0663.